The standard InChI is InChI=1S/C22H34N2O2/c1-17-5-7-18(8-6-17)19-9-11-21(2)20(10-12-22(21,25)15-19)16-23-26-14-13-24(3)4/h5-8,16,19-20,25H,9-15H2,1-4H3/t19-,20?,21+,22?/m0/s1. The molecule has 1 N–H and O–H groups in total. The Morgan fingerprint density at radius 1 is 1.23 bits per heavy atom. The minimum atomic E-state index is -0.596. The highest BCUT2D eigenvalue weighted by Crippen LogP contribution is 2.60. The second-order valence-corrected chi connectivity index (χ2v) is 8.84. The van der Waals surface area contributed by atoms with E-state index >= 15 is 0 Å². The second kappa shape index (κ2) is 7.69. The van der Waals surface area contributed by atoms with Crippen molar-refractivity contribution in [3.63, 3.8) is 0 Å². The lowest BCUT2D eigenvalue weighted by Gasteiger charge is -2.48. The number of benzene rings is 1. The third-order valence-electron chi connectivity index (χ3n) is 6.84. The fraction of sp³-hybridized carbons (Fsp3) is 0.682. The first-order chi connectivity index (χ1) is 12.3. The SMILES string of the molecule is Cc1ccc([C@H]2CC[C@]3(C)C(C=NOCCN(C)C)CCC3(O)C2)cc1. The summed E-state index contributed by atoms with van der Waals surface area (Å²) in [5.74, 6) is 0.756. The number of rotatable bonds is 6. The molecule has 0 radical (unpaired) electrons. The number of likely N-dealkylation sites (N-methyl/N-ethyl adjacent to an activating group) is 1. The highest BCUT2D eigenvalue weighted by molar-refractivity contribution is 5.62. The first-order valence-electron chi connectivity index (χ1n) is 9.93. The summed E-state index contributed by atoms with van der Waals surface area (Å²) in [4.78, 5) is 7.49. The first kappa shape index (κ1) is 19.4. The molecule has 0 amide bonds. The molecule has 26 heavy (non-hydrogen) atoms. The lowest BCUT2D eigenvalue weighted by atomic mass is 9.59. The van der Waals surface area contributed by atoms with Gasteiger partial charge in [-0.3, -0.25) is 0 Å². The van der Waals surface area contributed by atoms with Crippen LogP contribution in [0.1, 0.15) is 56.1 Å². The van der Waals surface area contributed by atoms with Gasteiger partial charge in [-0.05, 0) is 64.6 Å². The van der Waals surface area contributed by atoms with Crippen molar-refractivity contribution in [2.75, 3.05) is 27.2 Å². The number of aliphatic hydroxyl groups is 1. The van der Waals surface area contributed by atoms with E-state index in [1.165, 1.54) is 11.1 Å². The van der Waals surface area contributed by atoms with Gasteiger partial charge in [-0.1, -0.05) is 41.9 Å². The Morgan fingerprint density at radius 2 is 1.96 bits per heavy atom. The van der Waals surface area contributed by atoms with E-state index in [2.05, 4.69) is 48.2 Å². The third kappa shape index (κ3) is 3.81. The van der Waals surface area contributed by atoms with Crippen LogP contribution in [0.15, 0.2) is 29.4 Å². The van der Waals surface area contributed by atoms with E-state index < -0.39 is 5.60 Å². The zero-order valence-electron chi connectivity index (χ0n) is 16.7. The van der Waals surface area contributed by atoms with Crippen LogP contribution in [0.2, 0.25) is 0 Å². The summed E-state index contributed by atoms with van der Waals surface area (Å²) in [5, 5.41) is 15.7. The molecular weight excluding hydrogens is 324 g/mol. The Balaban J connectivity index is 1.64. The van der Waals surface area contributed by atoms with Crippen molar-refractivity contribution in [3.05, 3.63) is 35.4 Å². The molecule has 4 heteroatoms. The zero-order valence-corrected chi connectivity index (χ0v) is 16.7. The number of hydrogen-bond donors (Lipinski definition) is 1. The number of nitrogens with zero attached hydrogens (tertiary/aromatic N) is 2. The maximum Gasteiger partial charge on any atom is 0.129 e. The van der Waals surface area contributed by atoms with E-state index in [0.29, 0.717) is 18.4 Å². The monoisotopic (exact) mass is 358 g/mol. The van der Waals surface area contributed by atoms with Gasteiger partial charge in [-0.15, -0.1) is 0 Å². The maximum absolute atomic E-state index is 11.5. The second-order valence-electron chi connectivity index (χ2n) is 8.84. The summed E-state index contributed by atoms with van der Waals surface area (Å²) in [6.07, 6.45) is 6.84. The number of hydrogen-bond acceptors (Lipinski definition) is 4. The molecular formula is C22H34N2O2. The molecule has 2 aliphatic rings. The van der Waals surface area contributed by atoms with Crippen molar-refractivity contribution in [2.45, 2.75) is 57.5 Å². The molecule has 2 unspecified atom stereocenters. The topological polar surface area (TPSA) is 45.1 Å². The molecule has 1 aromatic rings. The van der Waals surface area contributed by atoms with Crippen LogP contribution in [0, 0.1) is 18.3 Å². The fourth-order valence-electron chi connectivity index (χ4n) is 4.84. The summed E-state index contributed by atoms with van der Waals surface area (Å²) >= 11 is 0. The van der Waals surface area contributed by atoms with Gasteiger partial charge in [0.25, 0.3) is 0 Å². The van der Waals surface area contributed by atoms with E-state index in [4.69, 9.17) is 4.84 Å². The van der Waals surface area contributed by atoms with Crippen molar-refractivity contribution in [1.82, 2.24) is 4.90 Å². The van der Waals surface area contributed by atoms with E-state index in [0.717, 1.165) is 38.6 Å². The van der Waals surface area contributed by atoms with Gasteiger partial charge >= 0.3 is 0 Å². The molecule has 0 saturated heterocycles. The van der Waals surface area contributed by atoms with Crippen LogP contribution < -0.4 is 0 Å². The number of aryl methyl sites for hydroxylation is 1. The third-order valence-corrected chi connectivity index (χ3v) is 6.84. The largest absolute Gasteiger partial charge is 0.395 e. The van der Waals surface area contributed by atoms with Crippen LogP contribution in [0.3, 0.4) is 0 Å². The Kier molecular flexibility index (Phi) is 5.73. The molecule has 0 bridgehead atoms. The van der Waals surface area contributed by atoms with Crippen LogP contribution in [0.5, 0.6) is 0 Å². The first-order valence-corrected chi connectivity index (χ1v) is 9.93. The molecule has 4 nitrogen and oxygen atoms in total. The van der Waals surface area contributed by atoms with Gasteiger partial charge in [-0.2, -0.15) is 0 Å². The summed E-state index contributed by atoms with van der Waals surface area (Å²) < 4.78 is 0. The fourth-order valence-corrected chi connectivity index (χ4v) is 4.84. The average Bonchev–Trinajstić information content (AvgIpc) is 2.86. The normalized spacial score (nSPS) is 34.4. The number of fused-ring (bicyclic) bond motifs is 1. The van der Waals surface area contributed by atoms with E-state index in [9.17, 15) is 5.11 Å². The van der Waals surface area contributed by atoms with Gasteiger partial charge in [0.05, 0.1) is 5.60 Å². The number of oxime groups is 1. The molecule has 4 atom stereocenters. The minimum absolute atomic E-state index is 0.0946. The van der Waals surface area contributed by atoms with Crippen molar-refractivity contribution < 1.29 is 9.94 Å². The van der Waals surface area contributed by atoms with E-state index in [1.54, 1.807) is 0 Å². The predicted octanol–water partition coefficient (Wildman–Crippen LogP) is 3.97. The van der Waals surface area contributed by atoms with Crippen LogP contribution in [-0.2, 0) is 4.84 Å². The van der Waals surface area contributed by atoms with E-state index in [1.807, 2.05) is 20.3 Å². The lowest BCUT2D eigenvalue weighted by Crippen LogP contribution is -2.49. The highest BCUT2D eigenvalue weighted by atomic mass is 16.6. The molecule has 2 saturated carbocycles. The van der Waals surface area contributed by atoms with Crippen LogP contribution in [0.4, 0.5) is 0 Å². The van der Waals surface area contributed by atoms with Gasteiger partial charge in [0.15, 0.2) is 0 Å². The molecule has 0 aromatic heterocycles. The summed E-state index contributed by atoms with van der Waals surface area (Å²) in [6.45, 7) is 5.84. The maximum atomic E-state index is 11.5. The van der Waals surface area contributed by atoms with Crippen LogP contribution >= 0.6 is 0 Å². The molecule has 0 spiro atoms. The minimum Gasteiger partial charge on any atom is -0.395 e. The summed E-state index contributed by atoms with van der Waals surface area (Å²) in [5.41, 5.74) is 1.97. The molecule has 2 aliphatic carbocycles. The Bertz CT molecular complexity index is 628. The lowest BCUT2D eigenvalue weighted by molar-refractivity contribution is -0.0959. The molecule has 0 aliphatic heterocycles. The van der Waals surface area contributed by atoms with Crippen molar-refractivity contribution in [1.29, 1.82) is 0 Å². The highest BCUT2D eigenvalue weighted by Gasteiger charge is 2.58. The molecule has 0 heterocycles. The summed E-state index contributed by atoms with van der Waals surface area (Å²) in [6, 6.07) is 8.84. The quantitative estimate of drug-likeness (QED) is 0.475. The van der Waals surface area contributed by atoms with E-state index in [-0.39, 0.29) is 5.41 Å². The van der Waals surface area contributed by atoms with Gasteiger partial charge in [0.2, 0.25) is 0 Å². The van der Waals surface area contributed by atoms with Crippen molar-refractivity contribution in [3.8, 4) is 0 Å². The van der Waals surface area contributed by atoms with Gasteiger partial charge in [0, 0.05) is 24.1 Å². The van der Waals surface area contributed by atoms with Gasteiger partial charge in [-0.25, -0.2) is 0 Å². The smallest absolute Gasteiger partial charge is 0.129 e. The zero-order chi connectivity index (χ0) is 18.8. The van der Waals surface area contributed by atoms with Crippen LogP contribution in [-0.4, -0.2) is 49.1 Å². The van der Waals surface area contributed by atoms with Crippen LogP contribution in [0.25, 0.3) is 0 Å². The Labute approximate surface area is 158 Å². The van der Waals surface area contributed by atoms with Gasteiger partial charge in [0.1, 0.15) is 6.61 Å². The molecule has 2 fully saturated rings. The molecule has 3 rings (SSSR count). The predicted molar refractivity (Wildman–Crippen MR) is 107 cm³/mol. The Hall–Kier alpha value is -1.39. The van der Waals surface area contributed by atoms with Crippen molar-refractivity contribution in [2.24, 2.45) is 16.5 Å². The van der Waals surface area contributed by atoms with Gasteiger partial charge < -0.3 is 14.8 Å². The Morgan fingerprint density at radius 3 is 2.65 bits per heavy atom. The van der Waals surface area contributed by atoms with Crippen molar-refractivity contribution >= 4 is 6.21 Å². The molecule has 1 aromatic carbocycles. The summed E-state index contributed by atoms with van der Waals surface area (Å²) in [7, 11) is 4.05. The average molecular weight is 359 g/mol. The molecule has 144 valence electrons.